The quantitative estimate of drug-likeness (QED) is 0.686. The molecule has 1 aromatic carbocycles. The first-order chi connectivity index (χ1) is 6.58. The lowest BCUT2D eigenvalue weighted by molar-refractivity contribution is -0.141. The summed E-state index contributed by atoms with van der Waals surface area (Å²) in [6, 6.07) is 9.06. The lowest BCUT2D eigenvalue weighted by atomic mass is 9.93. The standard InChI is InChI=1S/C11H11NO2/c1-2-11(12,10(13)14)8-9-6-4-3-5-7-9/h1,3-7H,8,12H2,(H,13,14)/t11-/m0/s1. The maximum atomic E-state index is 10.8. The van der Waals surface area contributed by atoms with E-state index in [4.69, 9.17) is 17.3 Å². The van der Waals surface area contributed by atoms with Crippen LogP contribution in [0.3, 0.4) is 0 Å². The smallest absolute Gasteiger partial charge is 0.336 e. The molecule has 1 rings (SSSR count). The van der Waals surface area contributed by atoms with Crippen LogP contribution in [0, 0.1) is 12.3 Å². The fraction of sp³-hybridized carbons (Fsp3) is 0.182. The van der Waals surface area contributed by atoms with E-state index in [1.54, 1.807) is 12.1 Å². The summed E-state index contributed by atoms with van der Waals surface area (Å²) in [5.74, 6) is 0.928. The highest BCUT2D eigenvalue weighted by atomic mass is 16.4. The molecule has 3 nitrogen and oxygen atoms in total. The van der Waals surface area contributed by atoms with E-state index in [1.165, 1.54) is 0 Å². The number of aliphatic carboxylic acids is 1. The molecule has 1 atom stereocenters. The molecule has 0 unspecified atom stereocenters. The summed E-state index contributed by atoms with van der Waals surface area (Å²) < 4.78 is 0. The minimum absolute atomic E-state index is 0.139. The molecule has 1 aromatic rings. The van der Waals surface area contributed by atoms with Gasteiger partial charge in [0.1, 0.15) is 0 Å². The molecule has 0 heterocycles. The van der Waals surface area contributed by atoms with Crippen molar-refractivity contribution in [3.63, 3.8) is 0 Å². The molecule has 0 fully saturated rings. The number of carboxylic acid groups (broad SMARTS) is 1. The van der Waals surface area contributed by atoms with Crippen LogP contribution in [-0.2, 0) is 11.2 Å². The van der Waals surface area contributed by atoms with E-state index in [2.05, 4.69) is 5.92 Å². The highest BCUT2D eigenvalue weighted by Gasteiger charge is 2.31. The Labute approximate surface area is 82.6 Å². The molecule has 3 N–H and O–H groups in total. The Morgan fingerprint density at radius 3 is 2.50 bits per heavy atom. The van der Waals surface area contributed by atoms with Crippen LogP contribution in [0.15, 0.2) is 30.3 Å². The summed E-state index contributed by atoms with van der Waals surface area (Å²) >= 11 is 0. The molecule has 0 bridgehead atoms. The van der Waals surface area contributed by atoms with E-state index in [-0.39, 0.29) is 6.42 Å². The summed E-state index contributed by atoms with van der Waals surface area (Å²) in [4.78, 5) is 10.8. The van der Waals surface area contributed by atoms with E-state index in [1.807, 2.05) is 18.2 Å². The maximum absolute atomic E-state index is 10.8. The van der Waals surface area contributed by atoms with Gasteiger partial charge in [-0.15, -0.1) is 6.42 Å². The Morgan fingerprint density at radius 1 is 1.50 bits per heavy atom. The van der Waals surface area contributed by atoms with Crippen molar-refractivity contribution < 1.29 is 9.90 Å². The zero-order chi connectivity index (χ0) is 10.6. The summed E-state index contributed by atoms with van der Waals surface area (Å²) in [5.41, 5.74) is 4.74. The van der Waals surface area contributed by atoms with Crippen molar-refractivity contribution >= 4 is 5.97 Å². The third-order valence-corrected chi connectivity index (χ3v) is 1.96. The molecule has 72 valence electrons. The fourth-order valence-electron chi connectivity index (χ4n) is 1.11. The molecule has 0 spiro atoms. The number of benzene rings is 1. The van der Waals surface area contributed by atoms with Gasteiger partial charge in [-0.25, -0.2) is 4.79 Å². The predicted octanol–water partition coefficient (Wildman–Crippen LogP) is 0.644. The average Bonchev–Trinajstić information content (AvgIpc) is 2.19. The maximum Gasteiger partial charge on any atom is 0.336 e. The minimum Gasteiger partial charge on any atom is -0.479 e. The van der Waals surface area contributed by atoms with Crippen molar-refractivity contribution in [2.24, 2.45) is 5.73 Å². The second-order valence-electron chi connectivity index (χ2n) is 3.08. The number of hydrogen-bond donors (Lipinski definition) is 2. The molecule has 14 heavy (non-hydrogen) atoms. The lowest BCUT2D eigenvalue weighted by Gasteiger charge is -2.17. The molecular weight excluding hydrogens is 178 g/mol. The van der Waals surface area contributed by atoms with Gasteiger partial charge in [-0.3, -0.25) is 0 Å². The van der Waals surface area contributed by atoms with Crippen molar-refractivity contribution in [3.8, 4) is 12.3 Å². The number of rotatable bonds is 3. The monoisotopic (exact) mass is 189 g/mol. The van der Waals surface area contributed by atoms with Crippen molar-refractivity contribution in [2.75, 3.05) is 0 Å². The predicted molar refractivity (Wildman–Crippen MR) is 53.5 cm³/mol. The Morgan fingerprint density at radius 2 is 2.07 bits per heavy atom. The van der Waals surface area contributed by atoms with Gasteiger partial charge in [0.2, 0.25) is 0 Å². The number of nitrogens with two attached hydrogens (primary N) is 1. The Hall–Kier alpha value is -1.79. The van der Waals surface area contributed by atoms with Gasteiger partial charge >= 0.3 is 5.97 Å². The normalized spacial score (nSPS) is 14.0. The van der Waals surface area contributed by atoms with Crippen LogP contribution in [0.5, 0.6) is 0 Å². The Balaban J connectivity index is 2.88. The summed E-state index contributed by atoms with van der Waals surface area (Å²) in [6.45, 7) is 0. The first kappa shape index (κ1) is 10.3. The van der Waals surface area contributed by atoms with Gasteiger partial charge in [0.25, 0.3) is 0 Å². The van der Waals surface area contributed by atoms with Crippen LogP contribution in [0.4, 0.5) is 0 Å². The second-order valence-corrected chi connectivity index (χ2v) is 3.08. The van der Waals surface area contributed by atoms with Crippen LogP contribution >= 0.6 is 0 Å². The molecule has 0 aliphatic carbocycles. The van der Waals surface area contributed by atoms with Crippen molar-refractivity contribution in [3.05, 3.63) is 35.9 Å². The number of terminal acetylenes is 1. The fourth-order valence-corrected chi connectivity index (χ4v) is 1.11. The van der Waals surface area contributed by atoms with Gasteiger partial charge < -0.3 is 10.8 Å². The van der Waals surface area contributed by atoms with Crippen LogP contribution in [0.2, 0.25) is 0 Å². The average molecular weight is 189 g/mol. The van der Waals surface area contributed by atoms with E-state index in [9.17, 15) is 4.79 Å². The van der Waals surface area contributed by atoms with Gasteiger partial charge in [0.15, 0.2) is 5.54 Å². The SMILES string of the molecule is C#C[C@](N)(Cc1ccccc1)C(=O)O. The van der Waals surface area contributed by atoms with Crippen molar-refractivity contribution in [1.29, 1.82) is 0 Å². The highest BCUT2D eigenvalue weighted by molar-refractivity contribution is 5.83. The van der Waals surface area contributed by atoms with Crippen molar-refractivity contribution in [2.45, 2.75) is 12.0 Å². The van der Waals surface area contributed by atoms with Crippen LogP contribution in [-0.4, -0.2) is 16.6 Å². The third kappa shape index (κ3) is 2.12. The Bertz CT molecular complexity index is 367. The number of carbonyl (C=O) groups is 1. The van der Waals surface area contributed by atoms with Gasteiger partial charge in [-0.05, 0) is 5.56 Å². The zero-order valence-corrected chi connectivity index (χ0v) is 7.60. The van der Waals surface area contributed by atoms with Gasteiger partial charge in [-0.1, -0.05) is 36.3 Å². The zero-order valence-electron chi connectivity index (χ0n) is 7.60. The molecule has 0 aliphatic rings. The Kier molecular flexibility index (Phi) is 2.90. The third-order valence-electron chi connectivity index (χ3n) is 1.96. The first-order valence-corrected chi connectivity index (χ1v) is 4.12. The first-order valence-electron chi connectivity index (χ1n) is 4.12. The molecule has 0 saturated heterocycles. The van der Waals surface area contributed by atoms with E-state index in [0.717, 1.165) is 5.56 Å². The summed E-state index contributed by atoms with van der Waals surface area (Å²) in [7, 11) is 0. The van der Waals surface area contributed by atoms with Crippen LogP contribution < -0.4 is 5.73 Å². The van der Waals surface area contributed by atoms with Crippen molar-refractivity contribution in [1.82, 2.24) is 0 Å². The largest absolute Gasteiger partial charge is 0.479 e. The number of carboxylic acids is 1. The van der Waals surface area contributed by atoms with E-state index in [0.29, 0.717) is 0 Å². The van der Waals surface area contributed by atoms with Crippen LogP contribution in [0.1, 0.15) is 5.56 Å². The molecular formula is C11H11NO2. The minimum atomic E-state index is -1.61. The van der Waals surface area contributed by atoms with E-state index < -0.39 is 11.5 Å². The molecule has 0 aliphatic heterocycles. The molecule has 0 radical (unpaired) electrons. The van der Waals surface area contributed by atoms with Gasteiger partial charge in [0.05, 0.1) is 0 Å². The van der Waals surface area contributed by atoms with Crippen LogP contribution in [0.25, 0.3) is 0 Å². The topological polar surface area (TPSA) is 63.3 Å². The molecule has 0 amide bonds. The van der Waals surface area contributed by atoms with Gasteiger partial charge in [-0.2, -0.15) is 0 Å². The van der Waals surface area contributed by atoms with E-state index >= 15 is 0 Å². The second kappa shape index (κ2) is 3.95. The summed E-state index contributed by atoms with van der Waals surface area (Å²) in [6.07, 6.45) is 5.24. The highest BCUT2D eigenvalue weighted by Crippen LogP contribution is 2.10. The molecule has 0 saturated carbocycles. The molecule has 0 aromatic heterocycles. The lowest BCUT2D eigenvalue weighted by Crippen LogP contribution is -2.48. The summed E-state index contributed by atoms with van der Waals surface area (Å²) in [5, 5.41) is 8.83. The molecule has 3 heteroatoms. The van der Waals surface area contributed by atoms with Gasteiger partial charge in [0, 0.05) is 6.42 Å². The number of hydrogen-bond acceptors (Lipinski definition) is 2.